The van der Waals surface area contributed by atoms with Crippen molar-refractivity contribution in [3.8, 4) is 5.75 Å². The van der Waals surface area contributed by atoms with Crippen molar-refractivity contribution in [2.75, 3.05) is 26.1 Å². The lowest BCUT2D eigenvalue weighted by Crippen LogP contribution is -2.72. The summed E-state index contributed by atoms with van der Waals surface area (Å²) in [4.78, 5) is 25.5. The Hall–Kier alpha value is -4.59. The van der Waals surface area contributed by atoms with E-state index in [-0.39, 0.29) is 49.5 Å². The third-order valence-electron chi connectivity index (χ3n) is 10.2. The molecule has 1 saturated heterocycles. The molecule has 0 N–H and O–H groups in total. The van der Waals surface area contributed by atoms with Crippen molar-refractivity contribution in [1.82, 2.24) is 0 Å². The van der Waals surface area contributed by atoms with Crippen LogP contribution in [0.15, 0.2) is 127 Å². The van der Waals surface area contributed by atoms with E-state index in [1.165, 1.54) is 27.0 Å². The van der Waals surface area contributed by atoms with Crippen molar-refractivity contribution in [1.29, 1.82) is 0 Å². The molecule has 60 heavy (non-hydrogen) atoms. The summed E-state index contributed by atoms with van der Waals surface area (Å²) in [5, 5.41) is 0.238. The van der Waals surface area contributed by atoms with Gasteiger partial charge in [0.15, 0.2) is 16.7 Å². The highest BCUT2D eigenvalue weighted by Crippen LogP contribution is 2.49. The SMILES string of the molecule is CCOc1ccc(Cc2cc([C@]3(OC)O[C@@](COC(C)=O)(CSC(C)=O)[C@@H](OCc4ccccc4)[C@H](OCc4ccccc4)[C@H]3OCc3ccccc3)ccc2Cl)cc1F. The quantitative estimate of drug-likeness (QED) is 0.0747. The number of halogens is 2. The van der Waals surface area contributed by atoms with Gasteiger partial charge in [0.25, 0.3) is 0 Å². The molecule has 0 unspecified atom stereocenters. The lowest BCUT2D eigenvalue weighted by atomic mass is 9.80. The second-order valence-electron chi connectivity index (χ2n) is 14.5. The average molecular weight is 857 g/mol. The van der Waals surface area contributed by atoms with E-state index in [0.29, 0.717) is 28.3 Å². The minimum Gasteiger partial charge on any atom is -0.491 e. The molecule has 0 saturated carbocycles. The molecule has 5 atom stereocenters. The number of hydrogen-bond donors (Lipinski definition) is 0. The van der Waals surface area contributed by atoms with Gasteiger partial charge in [-0.25, -0.2) is 4.39 Å². The summed E-state index contributed by atoms with van der Waals surface area (Å²) in [6, 6.07) is 39.1. The Morgan fingerprint density at radius 3 is 1.87 bits per heavy atom. The molecule has 0 spiro atoms. The lowest BCUT2D eigenvalue weighted by molar-refractivity contribution is -0.408. The Balaban J connectivity index is 1.54. The van der Waals surface area contributed by atoms with E-state index < -0.39 is 41.5 Å². The number of rotatable bonds is 19. The van der Waals surface area contributed by atoms with E-state index in [1.54, 1.807) is 31.2 Å². The zero-order valence-electron chi connectivity index (χ0n) is 34.1. The van der Waals surface area contributed by atoms with Crippen LogP contribution in [0.4, 0.5) is 4.39 Å². The van der Waals surface area contributed by atoms with Gasteiger partial charge < -0.3 is 33.2 Å². The fourth-order valence-electron chi connectivity index (χ4n) is 7.29. The molecule has 0 aromatic heterocycles. The molecular weight excluding hydrogens is 807 g/mol. The van der Waals surface area contributed by atoms with Crippen LogP contribution < -0.4 is 4.74 Å². The molecule has 9 nitrogen and oxygen atoms in total. The second kappa shape index (κ2) is 21.3. The second-order valence-corrected chi connectivity index (χ2v) is 16.0. The minimum absolute atomic E-state index is 0.0112. The third kappa shape index (κ3) is 11.2. The zero-order chi connectivity index (χ0) is 42.5. The van der Waals surface area contributed by atoms with E-state index in [2.05, 4.69) is 0 Å². The Kier molecular flexibility index (Phi) is 15.9. The first kappa shape index (κ1) is 44.9. The van der Waals surface area contributed by atoms with Gasteiger partial charge in [-0.05, 0) is 65.4 Å². The smallest absolute Gasteiger partial charge is 0.302 e. The number of carbonyl (C=O) groups excluding carboxylic acids is 2. The number of hydrogen-bond acceptors (Lipinski definition) is 10. The molecule has 5 aromatic carbocycles. The summed E-state index contributed by atoms with van der Waals surface area (Å²) in [6.07, 6.45) is -2.79. The summed E-state index contributed by atoms with van der Waals surface area (Å²) in [7, 11) is 1.50. The van der Waals surface area contributed by atoms with Gasteiger partial charge in [0.1, 0.15) is 30.5 Å². The van der Waals surface area contributed by atoms with E-state index in [1.807, 2.05) is 97.1 Å². The molecule has 1 fully saturated rings. The van der Waals surface area contributed by atoms with Crippen LogP contribution in [0.3, 0.4) is 0 Å². The number of esters is 1. The van der Waals surface area contributed by atoms with Gasteiger partial charge in [0.05, 0.1) is 26.4 Å². The van der Waals surface area contributed by atoms with Crippen LogP contribution in [0.2, 0.25) is 5.02 Å². The van der Waals surface area contributed by atoms with Crippen LogP contribution in [-0.2, 0) is 70.0 Å². The Bertz CT molecular complexity index is 2140. The molecule has 12 heteroatoms. The van der Waals surface area contributed by atoms with Gasteiger partial charge in [0, 0.05) is 37.3 Å². The van der Waals surface area contributed by atoms with E-state index >= 15 is 4.39 Å². The Morgan fingerprint density at radius 1 is 0.750 bits per heavy atom. The van der Waals surface area contributed by atoms with Crippen LogP contribution >= 0.6 is 23.4 Å². The van der Waals surface area contributed by atoms with Gasteiger partial charge in [-0.15, -0.1) is 0 Å². The van der Waals surface area contributed by atoms with Crippen molar-refractivity contribution in [3.63, 3.8) is 0 Å². The predicted octanol–water partition coefficient (Wildman–Crippen LogP) is 9.64. The van der Waals surface area contributed by atoms with Gasteiger partial charge in [0.2, 0.25) is 5.79 Å². The highest BCUT2D eigenvalue weighted by atomic mass is 35.5. The van der Waals surface area contributed by atoms with Gasteiger partial charge >= 0.3 is 5.97 Å². The maximum absolute atomic E-state index is 15.1. The molecule has 1 heterocycles. The van der Waals surface area contributed by atoms with Crippen LogP contribution in [-0.4, -0.2) is 61.1 Å². The van der Waals surface area contributed by atoms with Crippen molar-refractivity contribution in [2.45, 2.75) is 76.7 Å². The molecule has 0 radical (unpaired) electrons. The molecule has 316 valence electrons. The molecular formula is C48H50ClFO9S. The minimum atomic E-state index is -1.80. The molecule has 0 aliphatic carbocycles. The normalized spacial score (nSPS) is 21.3. The summed E-state index contributed by atoms with van der Waals surface area (Å²) in [6.45, 7) is 4.96. The van der Waals surface area contributed by atoms with Crippen LogP contribution in [0.25, 0.3) is 0 Å². The van der Waals surface area contributed by atoms with Crippen LogP contribution in [0, 0.1) is 5.82 Å². The monoisotopic (exact) mass is 856 g/mol. The summed E-state index contributed by atoms with van der Waals surface area (Å²) in [5.74, 6) is -2.70. The number of benzene rings is 5. The topological polar surface area (TPSA) is 98.8 Å². The summed E-state index contributed by atoms with van der Waals surface area (Å²) >= 11 is 7.90. The highest BCUT2D eigenvalue weighted by molar-refractivity contribution is 8.13. The van der Waals surface area contributed by atoms with E-state index in [4.69, 9.17) is 44.8 Å². The predicted molar refractivity (Wildman–Crippen MR) is 229 cm³/mol. The van der Waals surface area contributed by atoms with E-state index in [0.717, 1.165) is 28.5 Å². The molecule has 6 rings (SSSR count). The number of ether oxygens (including phenoxy) is 7. The van der Waals surface area contributed by atoms with E-state index in [9.17, 15) is 9.59 Å². The van der Waals surface area contributed by atoms with Gasteiger partial charge in [-0.2, -0.15) is 0 Å². The number of methoxy groups -OCH3 is 1. The van der Waals surface area contributed by atoms with Crippen molar-refractivity contribution in [3.05, 3.63) is 172 Å². The maximum atomic E-state index is 15.1. The largest absolute Gasteiger partial charge is 0.491 e. The summed E-state index contributed by atoms with van der Waals surface area (Å²) in [5.41, 5.74) is 2.86. The van der Waals surface area contributed by atoms with Crippen molar-refractivity contribution < 1.29 is 47.1 Å². The fraction of sp³-hybridized carbons (Fsp3) is 0.333. The molecule has 5 aromatic rings. The third-order valence-corrected chi connectivity index (χ3v) is 11.6. The van der Waals surface area contributed by atoms with Crippen LogP contribution in [0.5, 0.6) is 5.75 Å². The molecule has 0 bridgehead atoms. The first-order valence-corrected chi connectivity index (χ1v) is 21.1. The first-order chi connectivity index (χ1) is 29.1. The van der Waals surface area contributed by atoms with Gasteiger partial charge in [-0.1, -0.05) is 126 Å². The van der Waals surface area contributed by atoms with Crippen molar-refractivity contribution >= 4 is 34.4 Å². The lowest BCUT2D eigenvalue weighted by Gasteiger charge is -2.57. The summed E-state index contributed by atoms with van der Waals surface area (Å²) < 4.78 is 61.2. The Labute approximate surface area is 360 Å². The highest BCUT2D eigenvalue weighted by Gasteiger charge is 2.65. The molecule has 1 aliphatic heterocycles. The zero-order valence-corrected chi connectivity index (χ0v) is 35.7. The molecule has 0 amide bonds. The standard InChI is InChI=1S/C48H50ClFO9S/c1-5-54-43-24-21-38(26-42(43)50)25-39-27-40(22-23-41(39)49)48(53-4)46(57-30-37-19-13-8-14-20-37)44(55-28-35-15-9-6-10-16-35)45(56-29-36-17-11-7-12-18-36)47(59-48,31-58-33(2)51)32-60-34(3)52/h6-24,26-27,44-46H,5,25,28-32H2,1-4H3/t44-,45-,46+,47-,48-/m0/s1. The van der Waals surface area contributed by atoms with Crippen LogP contribution in [0.1, 0.15) is 54.2 Å². The maximum Gasteiger partial charge on any atom is 0.302 e. The first-order valence-electron chi connectivity index (χ1n) is 19.7. The number of carbonyl (C=O) groups is 2. The van der Waals surface area contributed by atoms with Gasteiger partial charge in [-0.3, -0.25) is 9.59 Å². The average Bonchev–Trinajstić information content (AvgIpc) is 3.26. The Morgan fingerprint density at radius 2 is 1.33 bits per heavy atom. The fourth-order valence-corrected chi connectivity index (χ4v) is 8.23. The molecule has 1 aliphatic rings. The van der Waals surface area contributed by atoms with Crippen molar-refractivity contribution in [2.24, 2.45) is 0 Å². The number of thioether (sulfide) groups is 1.